The molecule has 6 rings (SSSR count). The van der Waals surface area contributed by atoms with E-state index >= 15 is 0 Å². The van der Waals surface area contributed by atoms with Gasteiger partial charge in [-0.2, -0.15) is 0 Å². The Morgan fingerprint density at radius 2 is 1.26 bits per heavy atom. The van der Waals surface area contributed by atoms with Crippen molar-refractivity contribution in [3.63, 3.8) is 0 Å². The quantitative estimate of drug-likeness (QED) is 0.386. The molecular formula is C19H16N8. The standard InChI is InChI=1S/C7H6N2.2C6H5N3/c1-2-6-3-5-9-7(6)8-4-1;2*1-2-8-6-3-7-4-9-5(1)6/h1-5H,(H,8,9);2*1-4,8H. The Balaban J connectivity index is 0.0000001000. The van der Waals surface area contributed by atoms with E-state index in [9.17, 15) is 0 Å². The summed E-state index contributed by atoms with van der Waals surface area (Å²) in [5, 5.41) is 1.16. The smallest absolute Gasteiger partial charge is 0.137 e. The Morgan fingerprint density at radius 1 is 0.630 bits per heavy atom. The number of pyridine rings is 1. The third kappa shape index (κ3) is 3.96. The summed E-state index contributed by atoms with van der Waals surface area (Å²) in [6.45, 7) is 0. The van der Waals surface area contributed by atoms with Crippen molar-refractivity contribution in [2.24, 2.45) is 0 Å². The molecule has 6 aromatic rings. The molecule has 132 valence electrons. The predicted molar refractivity (Wildman–Crippen MR) is 104 cm³/mol. The molecule has 0 aliphatic rings. The van der Waals surface area contributed by atoms with E-state index in [1.54, 1.807) is 18.6 Å². The van der Waals surface area contributed by atoms with Crippen molar-refractivity contribution >= 4 is 33.1 Å². The third-order valence-electron chi connectivity index (χ3n) is 3.77. The zero-order chi connectivity index (χ0) is 18.3. The van der Waals surface area contributed by atoms with Crippen molar-refractivity contribution in [2.75, 3.05) is 0 Å². The first kappa shape index (κ1) is 16.4. The summed E-state index contributed by atoms with van der Waals surface area (Å²) in [7, 11) is 0. The molecule has 27 heavy (non-hydrogen) atoms. The van der Waals surface area contributed by atoms with Crippen molar-refractivity contribution in [3.8, 4) is 0 Å². The maximum atomic E-state index is 4.09. The number of fused-ring (bicyclic) bond motifs is 3. The molecule has 0 bridgehead atoms. The van der Waals surface area contributed by atoms with E-state index in [2.05, 4.69) is 39.9 Å². The molecule has 0 fully saturated rings. The minimum Gasteiger partial charge on any atom is -0.359 e. The summed E-state index contributed by atoms with van der Waals surface area (Å²) in [6.07, 6.45) is 13.9. The molecule has 0 saturated heterocycles. The van der Waals surface area contributed by atoms with Gasteiger partial charge < -0.3 is 15.0 Å². The molecule has 0 unspecified atom stereocenters. The lowest BCUT2D eigenvalue weighted by Gasteiger charge is -1.82. The van der Waals surface area contributed by atoms with Gasteiger partial charge in [-0.25, -0.2) is 24.9 Å². The summed E-state index contributed by atoms with van der Waals surface area (Å²) >= 11 is 0. The van der Waals surface area contributed by atoms with Gasteiger partial charge in [0.05, 0.1) is 34.5 Å². The Morgan fingerprint density at radius 3 is 1.85 bits per heavy atom. The van der Waals surface area contributed by atoms with Crippen molar-refractivity contribution < 1.29 is 0 Å². The lowest BCUT2D eigenvalue weighted by atomic mass is 10.3. The topological polar surface area (TPSA) is 112 Å². The van der Waals surface area contributed by atoms with Gasteiger partial charge in [-0.1, -0.05) is 0 Å². The number of nitrogens with one attached hydrogen (secondary N) is 3. The highest BCUT2D eigenvalue weighted by molar-refractivity contribution is 5.74. The lowest BCUT2D eigenvalue weighted by Crippen LogP contribution is -1.74. The highest BCUT2D eigenvalue weighted by Crippen LogP contribution is 2.06. The maximum Gasteiger partial charge on any atom is 0.137 e. The fraction of sp³-hybridized carbons (Fsp3) is 0. The van der Waals surface area contributed by atoms with Gasteiger partial charge in [-0.3, -0.25) is 0 Å². The first-order valence-corrected chi connectivity index (χ1v) is 8.24. The number of aromatic nitrogens is 8. The van der Waals surface area contributed by atoms with E-state index in [4.69, 9.17) is 0 Å². The molecule has 0 radical (unpaired) electrons. The van der Waals surface area contributed by atoms with Crippen LogP contribution < -0.4 is 0 Å². The van der Waals surface area contributed by atoms with Crippen LogP contribution in [-0.4, -0.2) is 39.9 Å². The summed E-state index contributed by atoms with van der Waals surface area (Å²) in [6, 6.07) is 9.78. The normalized spacial score (nSPS) is 10.2. The van der Waals surface area contributed by atoms with E-state index < -0.39 is 0 Å². The van der Waals surface area contributed by atoms with E-state index in [0.717, 1.165) is 33.1 Å². The molecule has 3 N–H and O–H groups in total. The third-order valence-corrected chi connectivity index (χ3v) is 3.77. The number of hydrogen-bond donors (Lipinski definition) is 3. The van der Waals surface area contributed by atoms with Gasteiger partial charge in [0.1, 0.15) is 18.3 Å². The highest BCUT2D eigenvalue weighted by Gasteiger charge is 1.90. The monoisotopic (exact) mass is 356 g/mol. The molecule has 0 aliphatic carbocycles. The summed E-state index contributed by atoms with van der Waals surface area (Å²) in [5.74, 6) is 0. The largest absolute Gasteiger partial charge is 0.359 e. The van der Waals surface area contributed by atoms with Crippen LogP contribution in [0.1, 0.15) is 0 Å². The van der Waals surface area contributed by atoms with Crippen LogP contribution in [0.2, 0.25) is 0 Å². The van der Waals surface area contributed by atoms with Gasteiger partial charge in [0.25, 0.3) is 0 Å². The molecule has 6 heterocycles. The van der Waals surface area contributed by atoms with E-state index in [1.807, 2.05) is 48.9 Å². The number of rotatable bonds is 0. The Bertz CT molecular complexity index is 1000. The second-order valence-electron chi connectivity index (χ2n) is 5.52. The van der Waals surface area contributed by atoms with Gasteiger partial charge in [0.15, 0.2) is 0 Å². The first-order valence-electron chi connectivity index (χ1n) is 8.24. The van der Waals surface area contributed by atoms with Crippen LogP contribution in [0.4, 0.5) is 0 Å². The predicted octanol–water partition coefficient (Wildman–Crippen LogP) is 3.48. The Kier molecular flexibility index (Phi) is 4.78. The SMILES string of the molecule is c1cnc2[nH]ccc2c1.c1ncc2[nH]ccc2n1.c1ncc2[nH]ccc2n1. The van der Waals surface area contributed by atoms with Crippen molar-refractivity contribution in [1.82, 2.24) is 39.9 Å². The molecule has 0 amide bonds. The van der Waals surface area contributed by atoms with Crippen LogP contribution in [0.15, 0.2) is 80.2 Å². The number of H-pyrrole nitrogens is 3. The lowest BCUT2D eigenvalue weighted by molar-refractivity contribution is 1.22. The second-order valence-corrected chi connectivity index (χ2v) is 5.52. The molecule has 6 aromatic heterocycles. The first-order chi connectivity index (χ1) is 13.4. The minimum atomic E-state index is 0.956. The highest BCUT2D eigenvalue weighted by atomic mass is 14.9. The van der Waals surface area contributed by atoms with Gasteiger partial charge >= 0.3 is 0 Å². The molecule has 0 atom stereocenters. The van der Waals surface area contributed by atoms with Gasteiger partial charge in [0.2, 0.25) is 0 Å². The van der Waals surface area contributed by atoms with E-state index in [1.165, 1.54) is 12.7 Å². The van der Waals surface area contributed by atoms with Crippen LogP contribution in [-0.2, 0) is 0 Å². The van der Waals surface area contributed by atoms with E-state index in [-0.39, 0.29) is 0 Å². The van der Waals surface area contributed by atoms with Gasteiger partial charge in [0, 0.05) is 30.2 Å². The molecular weight excluding hydrogens is 340 g/mol. The zero-order valence-corrected chi connectivity index (χ0v) is 14.2. The zero-order valence-electron chi connectivity index (χ0n) is 14.2. The number of aromatic amines is 3. The van der Waals surface area contributed by atoms with Crippen molar-refractivity contribution in [1.29, 1.82) is 0 Å². The van der Waals surface area contributed by atoms with E-state index in [0.29, 0.717) is 0 Å². The number of nitrogens with zero attached hydrogens (tertiary/aromatic N) is 5. The Labute approximate surface area is 153 Å². The van der Waals surface area contributed by atoms with Crippen LogP contribution in [0.25, 0.3) is 33.1 Å². The fourth-order valence-electron chi connectivity index (χ4n) is 2.47. The molecule has 8 nitrogen and oxygen atoms in total. The Hall–Kier alpha value is -4.07. The van der Waals surface area contributed by atoms with Crippen molar-refractivity contribution in [2.45, 2.75) is 0 Å². The number of hydrogen-bond acceptors (Lipinski definition) is 5. The van der Waals surface area contributed by atoms with Crippen LogP contribution in [0, 0.1) is 0 Å². The summed E-state index contributed by atoms with van der Waals surface area (Å²) in [5.41, 5.74) is 4.85. The summed E-state index contributed by atoms with van der Waals surface area (Å²) < 4.78 is 0. The minimum absolute atomic E-state index is 0.956. The second kappa shape index (κ2) is 7.87. The summed E-state index contributed by atoms with van der Waals surface area (Å²) in [4.78, 5) is 28.8. The molecule has 0 spiro atoms. The molecule has 0 aromatic carbocycles. The van der Waals surface area contributed by atoms with Crippen molar-refractivity contribution in [3.05, 3.63) is 80.2 Å². The van der Waals surface area contributed by atoms with Gasteiger partial charge in [-0.15, -0.1) is 0 Å². The van der Waals surface area contributed by atoms with Crippen LogP contribution >= 0.6 is 0 Å². The molecule has 0 aliphatic heterocycles. The molecule has 0 saturated carbocycles. The van der Waals surface area contributed by atoms with Crippen LogP contribution in [0.5, 0.6) is 0 Å². The van der Waals surface area contributed by atoms with Crippen LogP contribution in [0.3, 0.4) is 0 Å². The van der Waals surface area contributed by atoms with Gasteiger partial charge in [-0.05, 0) is 30.3 Å². The average Bonchev–Trinajstić information content (AvgIpc) is 3.48. The molecule has 8 heteroatoms. The maximum absolute atomic E-state index is 4.09. The average molecular weight is 356 g/mol. The fourth-order valence-corrected chi connectivity index (χ4v) is 2.47.